The quantitative estimate of drug-likeness (QED) is 0.584. The van der Waals surface area contributed by atoms with Gasteiger partial charge in [-0.25, -0.2) is 15.8 Å². The van der Waals surface area contributed by atoms with E-state index < -0.39 is 0 Å². The summed E-state index contributed by atoms with van der Waals surface area (Å²) >= 11 is 1.71. The number of hydrogen-bond acceptors (Lipinski definition) is 6. The number of nitrogens with one attached hydrogen (secondary N) is 2. The molecule has 6 heteroatoms. The fourth-order valence-electron chi connectivity index (χ4n) is 1.83. The number of anilines is 2. The van der Waals surface area contributed by atoms with Crippen molar-refractivity contribution in [3.05, 3.63) is 33.8 Å². The van der Waals surface area contributed by atoms with Gasteiger partial charge in [-0.05, 0) is 32.9 Å². The van der Waals surface area contributed by atoms with E-state index in [4.69, 9.17) is 5.84 Å². The van der Waals surface area contributed by atoms with E-state index in [1.165, 1.54) is 4.88 Å². The van der Waals surface area contributed by atoms with Gasteiger partial charge in [0.05, 0.1) is 16.7 Å². The van der Waals surface area contributed by atoms with Crippen LogP contribution in [0.2, 0.25) is 0 Å². The molecule has 18 heavy (non-hydrogen) atoms. The Morgan fingerprint density at radius 1 is 1.22 bits per heavy atom. The second-order valence-electron chi connectivity index (χ2n) is 4.10. The molecule has 1 atom stereocenters. The van der Waals surface area contributed by atoms with E-state index in [0.717, 1.165) is 16.5 Å². The molecule has 96 valence electrons. The minimum absolute atomic E-state index is 0.178. The molecule has 0 aliphatic rings. The highest BCUT2D eigenvalue weighted by Gasteiger charge is 2.13. The lowest BCUT2D eigenvalue weighted by atomic mass is 10.2. The summed E-state index contributed by atoms with van der Waals surface area (Å²) in [4.78, 5) is 10.00. The smallest absolute Gasteiger partial charge is 0.142 e. The molecule has 0 aliphatic heterocycles. The van der Waals surface area contributed by atoms with Crippen molar-refractivity contribution in [1.82, 2.24) is 9.97 Å². The molecule has 5 nitrogen and oxygen atoms in total. The Morgan fingerprint density at radius 3 is 2.56 bits per heavy atom. The highest BCUT2D eigenvalue weighted by Crippen LogP contribution is 2.27. The van der Waals surface area contributed by atoms with Gasteiger partial charge in [-0.1, -0.05) is 6.07 Å². The van der Waals surface area contributed by atoms with Gasteiger partial charge in [-0.15, -0.1) is 11.3 Å². The number of hydrogen-bond donors (Lipinski definition) is 3. The first kappa shape index (κ1) is 12.8. The summed E-state index contributed by atoms with van der Waals surface area (Å²) in [5.41, 5.74) is 3.61. The predicted octanol–water partition coefficient (Wildman–Crippen LogP) is 2.61. The van der Waals surface area contributed by atoms with E-state index in [-0.39, 0.29) is 6.04 Å². The molecule has 2 aromatic heterocycles. The molecule has 0 aromatic carbocycles. The summed E-state index contributed by atoms with van der Waals surface area (Å²) in [7, 11) is 0. The van der Waals surface area contributed by atoms with Gasteiger partial charge >= 0.3 is 0 Å². The van der Waals surface area contributed by atoms with E-state index in [2.05, 4.69) is 27.6 Å². The van der Waals surface area contributed by atoms with Crippen LogP contribution in [0.15, 0.2) is 18.2 Å². The number of nitrogens with zero attached hydrogens (tertiary/aromatic N) is 2. The van der Waals surface area contributed by atoms with Gasteiger partial charge in [0.2, 0.25) is 0 Å². The molecular weight excluding hydrogens is 246 g/mol. The molecule has 0 aliphatic carbocycles. The van der Waals surface area contributed by atoms with Crippen molar-refractivity contribution in [2.75, 3.05) is 10.7 Å². The van der Waals surface area contributed by atoms with Gasteiger partial charge < -0.3 is 10.7 Å². The van der Waals surface area contributed by atoms with E-state index in [0.29, 0.717) is 5.82 Å². The van der Waals surface area contributed by atoms with Crippen LogP contribution in [0.5, 0.6) is 0 Å². The van der Waals surface area contributed by atoms with Crippen LogP contribution in [0.3, 0.4) is 0 Å². The number of aryl methyl sites for hydroxylation is 2. The van der Waals surface area contributed by atoms with Crippen molar-refractivity contribution in [3.63, 3.8) is 0 Å². The monoisotopic (exact) mass is 263 g/mol. The number of hydrazine groups is 1. The first-order valence-electron chi connectivity index (χ1n) is 5.74. The van der Waals surface area contributed by atoms with Gasteiger partial charge in [-0.3, -0.25) is 0 Å². The molecule has 0 bridgehead atoms. The molecule has 2 rings (SSSR count). The van der Waals surface area contributed by atoms with Crippen molar-refractivity contribution in [3.8, 4) is 0 Å². The third-order valence-corrected chi connectivity index (χ3v) is 3.85. The number of nitrogen functional groups attached to an aromatic ring is 1. The van der Waals surface area contributed by atoms with Crippen LogP contribution >= 0.6 is 11.3 Å². The molecule has 0 fully saturated rings. The van der Waals surface area contributed by atoms with Gasteiger partial charge in [0.1, 0.15) is 11.6 Å². The lowest BCUT2D eigenvalue weighted by Crippen LogP contribution is -2.11. The Kier molecular flexibility index (Phi) is 3.78. The Morgan fingerprint density at radius 2 is 1.94 bits per heavy atom. The Hall–Kier alpha value is -1.66. The SMILES string of the molecule is Cc1nc(C)c(C(C)Nc2cccc(NN)n2)s1. The van der Waals surface area contributed by atoms with Crippen LogP contribution < -0.4 is 16.6 Å². The normalized spacial score (nSPS) is 12.2. The standard InChI is InChI=1S/C12H17N5S/c1-7-12(18-9(3)14-7)8(2)15-10-5-4-6-11(16-10)17-13/h4-6,8H,13H2,1-3H3,(H2,15,16,17). The summed E-state index contributed by atoms with van der Waals surface area (Å²) in [6.07, 6.45) is 0. The number of nitrogens with two attached hydrogens (primary N) is 1. The molecule has 0 spiro atoms. The molecule has 2 heterocycles. The zero-order chi connectivity index (χ0) is 13.1. The predicted molar refractivity (Wildman–Crippen MR) is 75.7 cm³/mol. The Bertz CT molecular complexity index is 537. The van der Waals surface area contributed by atoms with E-state index in [9.17, 15) is 0 Å². The van der Waals surface area contributed by atoms with Crippen molar-refractivity contribution in [1.29, 1.82) is 0 Å². The zero-order valence-corrected chi connectivity index (χ0v) is 11.5. The van der Waals surface area contributed by atoms with Crippen molar-refractivity contribution < 1.29 is 0 Å². The Balaban J connectivity index is 2.15. The van der Waals surface area contributed by atoms with Crippen LogP contribution in [0.1, 0.15) is 28.5 Å². The van der Waals surface area contributed by atoms with Crippen LogP contribution in [0, 0.1) is 13.8 Å². The molecule has 0 radical (unpaired) electrons. The van der Waals surface area contributed by atoms with Gasteiger partial charge in [-0.2, -0.15) is 0 Å². The van der Waals surface area contributed by atoms with Gasteiger partial charge in [0.25, 0.3) is 0 Å². The molecule has 4 N–H and O–H groups in total. The summed E-state index contributed by atoms with van der Waals surface area (Å²) in [6.45, 7) is 6.15. The first-order valence-corrected chi connectivity index (χ1v) is 6.56. The van der Waals surface area contributed by atoms with E-state index in [1.807, 2.05) is 32.0 Å². The summed E-state index contributed by atoms with van der Waals surface area (Å²) in [5.74, 6) is 6.78. The van der Waals surface area contributed by atoms with Crippen LogP contribution in [0.4, 0.5) is 11.6 Å². The fraction of sp³-hybridized carbons (Fsp3) is 0.333. The number of rotatable bonds is 4. The van der Waals surface area contributed by atoms with Crippen molar-refractivity contribution >= 4 is 23.0 Å². The topological polar surface area (TPSA) is 75.9 Å². The minimum Gasteiger partial charge on any atom is -0.363 e. The Labute approximate surface area is 110 Å². The summed E-state index contributed by atoms with van der Waals surface area (Å²) in [5, 5.41) is 4.44. The van der Waals surface area contributed by atoms with Crippen molar-refractivity contribution in [2.45, 2.75) is 26.8 Å². The van der Waals surface area contributed by atoms with E-state index in [1.54, 1.807) is 11.3 Å². The third-order valence-electron chi connectivity index (χ3n) is 2.59. The maximum Gasteiger partial charge on any atom is 0.142 e. The van der Waals surface area contributed by atoms with Crippen LogP contribution in [0.25, 0.3) is 0 Å². The largest absolute Gasteiger partial charge is 0.363 e. The third kappa shape index (κ3) is 2.77. The maximum absolute atomic E-state index is 5.34. The zero-order valence-electron chi connectivity index (χ0n) is 10.7. The van der Waals surface area contributed by atoms with Crippen LogP contribution in [-0.4, -0.2) is 9.97 Å². The molecule has 2 aromatic rings. The second kappa shape index (κ2) is 5.32. The first-order chi connectivity index (χ1) is 8.60. The van der Waals surface area contributed by atoms with Gasteiger partial charge in [0.15, 0.2) is 0 Å². The molecule has 0 saturated heterocycles. The lowest BCUT2D eigenvalue weighted by Gasteiger charge is -2.14. The maximum atomic E-state index is 5.34. The molecule has 1 unspecified atom stereocenters. The number of aromatic nitrogens is 2. The lowest BCUT2D eigenvalue weighted by molar-refractivity contribution is 0.880. The summed E-state index contributed by atoms with van der Waals surface area (Å²) < 4.78 is 0. The average molecular weight is 263 g/mol. The highest BCUT2D eigenvalue weighted by atomic mass is 32.1. The number of thiazole rings is 1. The van der Waals surface area contributed by atoms with E-state index >= 15 is 0 Å². The van der Waals surface area contributed by atoms with Gasteiger partial charge in [0, 0.05) is 4.88 Å². The second-order valence-corrected chi connectivity index (χ2v) is 5.34. The fourth-order valence-corrected chi connectivity index (χ4v) is 2.76. The van der Waals surface area contributed by atoms with Crippen LogP contribution in [-0.2, 0) is 0 Å². The molecule has 0 saturated carbocycles. The van der Waals surface area contributed by atoms with Crippen molar-refractivity contribution in [2.24, 2.45) is 5.84 Å². The molecule has 0 amide bonds. The molecular formula is C12H17N5S. The summed E-state index contributed by atoms with van der Waals surface area (Å²) in [6, 6.07) is 5.82. The highest BCUT2D eigenvalue weighted by molar-refractivity contribution is 7.11. The number of pyridine rings is 1. The average Bonchev–Trinajstić information content (AvgIpc) is 2.69. The minimum atomic E-state index is 0.178.